The van der Waals surface area contributed by atoms with E-state index in [1.807, 2.05) is 0 Å². The Kier molecular flexibility index (Phi) is 7.83. The van der Waals surface area contributed by atoms with Crippen LogP contribution in [0, 0.1) is 0 Å². The predicted molar refractivity (Wildman–Crippen MR) is 46.8 cm³/mol. The van der Waals surface area contributed by atoms with Gasteiger partial charge in [-0.3, -0.25) is 9.35 Å². The summed E-state index contributed by atoms with van der Waals surface area (Å²) in [5.74, 6) is -1.67. The molecule has 0 aromatic rings. The van der Waals surface area contributed by atoms with Crippen molar-refractivity contribution >= 4 is 55.5 Å². The van der Waals surface area contributed by atoms with Crippen LogP contribution < -0.4 is 5.73 Å². The van der Waals surface area contributed by atoms with Crippen molar-refractivity contribution < 1.29 is 22.9 Å². The van der Waals surface area contributed by atoms with Crippen LogP contribution in [-0.2, 0) is 13.9 Å². The van der Waals surface area contributed by atoms with Crippen molar-refractivity contribution in [1.82, 2.24) is 0 Å². The Hall–Kier alpha value is 0.690. The molecule has 0 aromatic heterocycles. The van der Waals surface area contributed by atoms with Crippen LogP contribution in [0.5, 0.6) is 0 Å². The standard InChI is InChI=1S/C3H7NO5S2.Na.H/c4-2(3(5)6)1-10-11(7,8)9;;/h2H,1,4H2,(H,5,6)(H,7,8,9);;. The van der Waals surface area contributed by atoms with Gasteiger partial charge in [-0.1, -0.05) is 0 Å². The van der Waals surface area contributed by atoms with Crippen molar-refractivity contribution in [2.24, 2.45) is 5.73 Å². The van der Waals surface area contributed by atoms with Crippen LogP contribution in [0.15, 0.2) is 0 Å². The fourth-order valence-corrected chi connectivity index (χ4v) is 1.65. The average Bonchev–Trinajstić information content (AvgIpc) is 1.80. The summed E-state index contributed by atoms with van der Waals surface area (Å²) in [7, 11) is -4.09. The van der Waals surface area contributed by atoms with E-state index < -0.39 is 21.2 Å². The molecule has 1 atom stereocenters. The van der Waals surface area contributed by atoms with Gasteiger partial charge in [0.1, 0.15) is 6.04 Å². The summed E-state index contributed by atoms with van der Waals surface area (Å²) in [6.07, 6.45) is 0. The second kappa shape index (κ2) is 6.19. The molecule has 0 aromatic carbocycles. The van der Waals surface area contributed by atoms with Gasteiger partial charge in [-0.15, -0.1) is 0 Å². The average molecular weight is 225 g/mol. The molecule has 0 saturated carbocycles. The van der Waals surface area contributed by atoms with Crippen molar-refractivity contribution in [3.8, 4) is 0 Å². The molecular formula is C3H8NNaO5S2. The minimum absolute atomic E-state index is 0. The number of nitrogens with two attached hydrogens (primary N) is 1. The Bertz CT molecular complexity index is 239. The molecule has 0 rings (SSSR count). The van der Waals surface area contributed by atoms with Gasteiger partial charge in [0.25, 0.3) is 0 Å². The van der Waals surface area contributed by atoms with Crippen molar-refractivity contribution in [2.45, 2.75) is 6.04 Å². The van der Waals surface area contributed by atoms with Crippen LogP contribution >= 0.6 is 10.8 Å². The van der Waals surface area contributed by atoms with Gasteiger partial charge in [-0.25, -0.2) is 0 Å². The number of carboxylic acid groups (broad SMARTS) is 1. The third-order valence-electron chi connectivity index (χ3n) is 0.714. The molecule has 6 nitrogen and oxygen atoms in total. The first-order chi connectivity index (χ1) is 4.83. The van der Waals surface area contributed by atoms with Gasteiger partial charge in [0.15, 0.2) is 0 Å². The van der Waals surface area contributed by atoms with Crippen molar-refractivity contribution in [3.05, 3.63) is 0 Å². The Morgan fingerprint density at radius 1 is 1.58 bits per heavy atom. The molecule has 0 radical (unpaired) electrons. The number of hydrogen-bond acceptors (Lipinski definition) is 5. The van der Waals surface area contributed by atoms with E-state index in [4.69, 9.17) is 15.4 Å². The third kappa shape index (κ3) is 8.78. The number of rotatable bonds is 4. The van der Waals surface area contributed by atoms with Crippen LogP contribution in [0.2, 0.25) is 0 Å². The Morgan fingerprint density at radius 2 is 2.00 bits per heavy atom. The van der Waals surface area contributed by atoms with Crippen molar-refractivity contribution in [2.75, 3.05) is 5.75 Å². The Morgan fingerprint density at radius 3 is 2.25 bits per heavy atom. The summed E-state index contributed by atoms with van der Waals surface area (Å²) in [5, 5.41) is 8.16. The van der Waals surface area contributed by atoms with E-state index in [0.29, 0.717) is 0 Å². The molecule has 0 aliphatic rings. The fourth-order valence-electron chi connectivity index (χ4n) is 0.231. The number of carbonyl (C=O) groups is 1. The third-order valence-corrected chi connectivity index (χ3v) is 2.81. The van der Waals surface area contributed by atoms with E-state index in [2.05, 4.69) is 0 Å². The molecule has 0 bridgehead atoms. The van der Waals surface area contributed by atoms with Gasteiger partial charge in [-0.05, 0) is 10.8 Å². The Labute approximate surface area is 95.3 Å². The van der Waals surface area contributed by atoms with Crippen LogP contribution in [0.1, 0.15) is 0 Å². The first-order valence-corrected chi connectivity index (χ1v) is 5.37. The molecule has 9 heteroatoms. The monoisotopic (exact) mass is 225 g/mol. The molecule has 0 aliphatic heterocycles. The van der Waals surface area contributed by atoms with Crippen LogP contribution in [0.3, 0.4) is 0 Å². The molecule has 0 fully saturated rings. The molecule has 4 N–H and O–H groups in total. The molecule has 0 amide bonds. The maximum absolute atomic E-state index is 10.0. The summed E-state index contributed by atoms with van der Waals surface area (Å²) in [6.45, 7) is 0. The van der Waals surface area contributed by atoms with Crippen molar-refractivity contribution in [3.63, 3.8) is 0 Å². The van der Waals surface area contributed by atoms with Crippen molar-refractivity contribution in [1.29, 1.82) is 0 Å². The van der Waals surface area contributed by atoms with E-state index in [1.165, 1.54) is 0 Å². The fraction of sp³-hybridized carbons (Fsp3) is 0.667. The second-order valence-electron chi connectivity index (χ2n) is 1.66. The van der Waals surface area contributed by atoms with Crippen LogP contribution in [-0.4, -0.2) is 65.4 Å². The summed E-state index contributed by atoms with van der Waals surface area (Å²) >= 11 is 0. The van der Waals surface area contributed by atoms with E-state index in [9.17, 15) is 13.2 Å². The van der Waals surface area contributed by atoms with E-state index >= 15 is 0 Å². The molecule has 0 aliphatic carbocycles. The number of hydrogen-bond donors (Lipinski definition) is 3. The Balaban J connectivity index is 0. The van der Waals surface area contributed by atoms with Gasteiger partial charge < -0.3 is 10.8 Å². The van der Waals surface area contributed by atoms with Gasteiger partial charge in [0.2, 0.25) is 0 Å². The van der Waals surface area contributed by atoms with E-state index in [0.717, 1.165) is 0 Å². The van der Waals surface area contributed by atoms with E-state index in [1.54, 1.807) is 0 Å². The maximum atomic E-state index is 10.0. The zero-order valence-corrected chi connectivity index (χ0v) is 6.93. The van der Waals surface area contributed by atoms with Crippen LogP contribution in [0.25, 0.3) is 0 Å². The second-order valence-corrected chi connectivity index (χ2v) is 5.05. The molecule has 0 saturated heterocycles. The van der Waals surface area contributed by atoms with E-state index in [-0.39, 0.29) is 46.1 Å². The first kappa shape index (κ1) is 15.2. The zero-order chi connectivity index (χ0) is 9.07. The normalized spacial score (nSPS) is 13.2. The predicted octanol–water partition coefficient (Wildman–Crippen LogP) is -1.71. The topological polar surface area (TPSA) is 118 Å². The van der Waals surface area contributed by atoms with Gasteiger partial charge in [0.05, 0.1) is 0 Å². The quantitative estimate of drug-likeness (QED) is 0.296. The summed E-state index contributed by atoms with van der Waals surface area (Å²) in [6, 6.07) is -1.28. The molecule has 12 heavy (non-hydrogen) atoms. The van der Waals surface area contributed by atoms with Gasteiger partial charge in [0, 0.05) is 5.75 Å². The number of aliphatic carboxylic acids is 1. The van der Waals surface area contributed by atoms with Crippen LogP contribution in [0.4, 0.5) is 0 Å². The zero-order valence-electron chi connectivity index (χ0n) is 5.30. The first-order valence-electron chi connectivity index (χ1n) is 2.43. The molecule has 1 unspecified atom stereocenters. The molecule has 0 spiro atoms. The summed E-state index contributed by atoms with van der Waals surface area (Å²) in [5.41, 5.74) is 4.93. The molecule has 0 heterocycles. The summed E-state index contributed by atoms with van der Waals surface area (Å²) < 4.78 is 28.2. The number of carboxylic acids is 1. The molecule has 68 valence electrons. The molecular weight excluding hydrogens is 217 g/mol. The van der Waals surface area contributed by atoms with Gasteiger partial charge in [-0.2, -0.15) is 8.42 Å². The summed E-state index contributed by atoms with van der Waals surface area (Å²) in [4.78, 5) is 10.0. The van der Waals surface area contributed by atoms with Gasteiger partial charge >= 0.3 is 44.7 Å². The minimum atomic E-state index is -4.18. The SMILES string of the molecule is NC(CSS(=O)(=O)O)C(=O)O.[NaH].